The van der Waals surface area contributed by atoms with Crippen LogP contribution in [-0.2, 0) is 4.74 Å². The molecule has 1 aliphatic heterocycles. The van der Waals surface area contributed by atoms with E-state index in [0.717, 1.165) is 0 Å². The van der Waals surface area contributed by atoms with Gasteiger partial charge < -0.3 is 14.5 Å². The first-order valence-electron chi connectivity index (χ1n) is 9.33. The predicted octanol–water partition coefficient (Wildman–Crippen LogP) is 4.31. The van der Waals surface area contributed by atoms with Crippen LogP contribution in [0.15, 0.2) is 36.4 Å². The van der Waals surface area contributed by atoms with Gasteiger partial charge in [0.15, 0.2) is 5.69 Å². The minimum atomic E-state index is -0.579. The average Bonchev–Trinajstić information content (AvgIpc) is 2.65. The number of nitrogens with zero attached hydrogens (tertiary/aromatic N) is 3. The number of pyridine rings is 1. The second kappa shape index (κ2) is 8.59. The predicted molar refractivity (Wildman–Crippen MR) is 114 cm³/mol. The summed E-state index contributed by atoms with van der Waals surface area (Å²) in [5.74, 6) is 0.127. The summed E-state index contributed by atoms with van der Waals surface area (Å²) < 4.78 is 5.39. The number of rotatable bonds is 3. The number of piperazine rings is 1. The molecule has 3 rings (SSSR count). The van der Waals surface area contributed by atoms with Gasteiger partial charge in [-0.25, -0.2) is 9.78 Å². The number of ether oxygens (including phenoxy) is 1. The summed E-state index contributed by atoms with van der Waals surface area (Å²) in [6.45, 7) is 7.71. The van der Waals surface area contributed by atoms with Gasteiger partial charge in [0.2, 0.25) is 0 Å². The van der Waals surface area contributed by atoms with Gasteiger partial charge >= 0.3 is 5.97 Å². The van der Waals surface area contributed by atoms with Crippen molar-refractivity contribution in [3.05, 3.63) is 57.7 Å². The second-order valence-corrected chi connectivity index (χ2v) is 8.69. The lowest BCUT2D eigenvalue weighted by Gasteiger charge is -2.35. The molecule has 0 atom stereocenters. The number of amides is 1. The minimum absolute atomic E-state index is 0.107. The molecule has 0 N–H and O–H groups in total. The second-order valence-electron chi connectivity index (χ2n) is 7.82. The van der Waals surface area contributed by atoms with Crippen LogP contribution in [0.5, 0.6) is 0 Å². The van der Waals surface area contributed by atoms with Crippen molar-refractivity contribution in [1.29, 1.82) is 0 Å². The van der Waals surface area contributed by atoms with E-state index in [-0.39, 0.29) is 11.6 Å². The molecule has 1 aromatic heterocycles. The lowest BCUT2D eigenvalue weighted by molar-refractivity contribution is 0.00628. The van der Waals surface area contributed by atoms with Gasteiger partial charge in [-0.2, -0.15) is 0 Å². The molecule has 1 aliphatic rings. The Hall–Kier alpha value is -2.31. The molecule has 0 bridgehead atoms. The van der Waals surface area contributed by atoms with Gasteiger partial charge in [-0.15, -0.1) is 0 Å². The van der Waals surface area contributed by atoms with E-state index in [1.807, 2.05) is 31.7 Å². The largest absolute Gasteiger partial charge is 0.455 e. The maximum Gasteiger partial charge on any atom is 0.357 e. The minimum Gasteiger partial charge on any atom is -0.455 e. The quantitative estimate of drug-likeness (QED) is 0.672. The van der Waals surface area contributed by atoms with Crippen LogP contribution in [0.4, 0.5) is 5.82 Å². The third kappa shape index (κ3) is 5.61. The number of hydrogen-bond donors (Lipinski definition) is 0. The van der Waals surface area contributed by atoms with Gasteiger partial charge in [-0.05, 0) is 51.1 Å². The number of halogens is 2. The first-order valence-corrected chi connectivity index (χ1v) is 10.1. The SMILES string of the molecule is CC(C)(C)OC(=O)c1cccc(N2CCN(C(=O)c3cc(Cl)cc(Cl)c3)CC2)n1. The Morgan fingerprint density at radius 1 is 1.00 bits per heavy atom. The maximum absolute atomic E-state index is 12.7. The van der Waals surface area contributed by atoms with Crippen molar-refractivity contribution in [3.8, 4) is 0 Å². The van der Waals surface area contributed by atoms with E-state index in [9.17, 15) is 9.59 Å². The Balaban J connectivity index is 1.65. The zero-order valence-corrected chi connectivity index (χ0v) is 18.1. The molecule has 8 heteroatoms. The Morgan fingerprint density at radius 3 is 2.21 bits per heavy atom. The van der Waals surface area contributed by atoms with Crippen molar-refractivity contribution in [2.24, 2.45) is 0 Å². The van der Waals surface area contributed by atoms with E-state index in [1.165, 1.54) is 0 Å². The summed E-state index contributed by atoms with van der Waals surface area (Å²) in [4.78, 5) is 33.3. The van der Waals surface area contributed by atoms with Gasteiger partial charge in [0.25, 0.3) is 5.91 Å². The molecule has 1 saturated heterocycles. The van der Waals surface area contributed by atoms with Crippen molar-refractivity contribution in [2.45, 2.75) is 26.4 Å². The first kappa shape index (κ1) is 21.4. The Bertz CT molecular complexity index is 899. The van der Waals surface area contributed by atoms with Crippen molar-refractivity contribution < 1.29 is 14.3 Å². The third-order valence-corrected chi connectivity index (χ3v) is 4.78. The van der Waals surface area contributed by atoms with Crippen LogP contribution in [-0.4, -0.2) is 53.5 Å². The van der Waals surface area contributed by atoms with E-state index in [0.29, 0.717) is 47.6 Å². The molecule has 0 unspecified atom stereocenters. The van der Waals surface area contributed by atoms with Crippen LogP contribution < -0.4 is 4.90 Å². The highest BCUT2D eigenvalue weighted by atomic mass is 35.5. The Kier molecular flexibility index (Phi) is 6.34. The lowest BCUT2D eigenvalue weighted by atomic mass is 10.1. The highest BCUT2D eigenvalue weighted by Crippen LogP contribution is 2.22. The van der Waals surface area contributed by atoms with Gasteiger partial charge in [-0.3, -0.25) is 4.79 Å². The van der Waals surface area contributed by atoms with Gasteiger partial charge in [0.1, 0.15) is 11.4 Å². The summed E-state index contributed by atoms with van der Waals surface area (Å²) in [5, 5.41) is 0.866. The van der Waals surface area contributed by atoms with E-state index in [4.69, 9.17) is 27.9 Å². The molecule has 0 aliphatic carbocycles. The van der Waals surface area contributed by atoms with Crippen LogP contribution in [0.1, 0.15) is 41.6 Å². The van der Waals surface area contributed by atoms with Crippen LogP contribution >= 0.6 is 23.2 Å². The van der Waals surface area contributed by atoms with E-state index >= 15 is 0 Å². The molecule has 2 heterocycles. The number of carbonyl (C=O) groups is 2. The molecule has 6 nitrogen and oxygen atoms in total. The molecule has 0 spiro atoms. The van der Waals surface area contributed by atoms with E-state index < -0.39 is 11.6 Å². The molecule has 154 valence electrons. The average molecular weight is 436 g/mol. The fourth-order valence-electron chi connectivity index (χ4n) is 3.04. The van der Waals surface area contributed by atoms with Crippen molar-refractivity contribution in [3.63, 3.8) is 0 Å². The normalized spacial score (nSPS) is 14.7. The highest BCUT2D eigenvalue weighted by Gasteiger charge is 2.25. The fraction of sp³-hybridized carbons (Fsp3) is 0.381. The molecular formula is C21H23Cl2N3O3. The monoisotopic (exact) mass is 435 g/mol. The molecule has 29 heavy (non-hydrogen) atoms. The molecule has 1 fully saturated rings. The van der Waals surface area contributed by atoms with Crippen molar-refractivity contribution in [2.75, 3.05) is 31.1 Å². The number of esters is 1. The smallest absolute Gasteiger partial charge is 0.357 e. The fourth-order valence-corrected chi connectivity index (χ4v) is 3.57. The van der Waals surface area contributed by atoms with Crippen LogP contribution in [0, 0.1) is 0 Å². The number of aromatic nitrogens is 1. The highest BCUT2D eigenvalue weighted by molar-refractivity contribution is 6.35. The molecule has 1 aromatic carbocycles. The number of anilines is 1. The lowest BCUT2D eigenvalue weighted by Crippen LogP contribution is -2.49. The number of benzene rings is 1. The molecule has 1 amide bonds. The van der Waals surface area contributed by atoms with E-state index in [1.54, 1.807) is 35.2 Å². The summed E-state index contributed by atoms with van der Waals surface area (Å²) in [7, 11) is 0. The van der Waals surface area contributed by atoms with Crippen molar-refractivity contribution >= 4 is 40.9 Å². The van der Waals surface area contributed by atoms with Gasteiger partial charge in [-0.1, -0.05) is 29.3 Å². The first-order chi connectivity index (χ1) is 13.6. The van der Waals surface area contributed by atoms with Gasteiger partial charge in [0, 0.05) is 41.8 Å². The topological polar surface area (TPSA) is 62.7 Å². The number of carbonyl (C=O) groups excluding carboxylic acids is 2. The summed E-state index contributed by atoms with van der Waals surface area (Å²) in [6, 6.07) is 10.1. The Morgan fingerprint density at radius 2 is 1.62 bits per heavy atom. The molecular weight excluding hydrogens is 413 g/mol. The summed E-state index contributed by atoms with van der Waals surface area (Å²) >= 11 is 12.0. The van der Waals surface area contributed by atoms with Crippen LogP contribution in [0.2, 0.25) is 10.0 Å². The third-order valence-electron chi connectivity index (χ3n) is 4.34. The van der Waals surface area contributed by atoms with Crippen LogP contribution in [0.3, 0.4) is 0 Å². The molecule has 2 aromatic rings. The van der Waals surface area contributed by atoms with E-state index in [2.05, 4.69) is 4.98 Å². The molecule has 0 saturated carbocycles. The summed E-state index contributed by atoms with van der Waals surface area (Å²) in [6.07, 6.45) is 0. The Labute approximate surface area is 180 Å². The van der Waals surface area contributed by atoms with Crippen LogP contribution in [0.25, 0.3) is 0 Å². The zero-order valence-electron chi connectivity index (χ0n) is 16.6. The van der Waals surface area contributed by atoms with Crippen molar-refractivity contribution in [1.82, 2.24) is 9.88 Å². The van der Waals surface area contributed by atoms with Gasteiger partial charge in [0.05, 0.1) is 0 Å². The number of hydrogen-bond acceptors (Lipinski definition) is 5. The zero-order chi connectivity index (χ0) is 21.2. The summed E-state index contributed by atoms with van der Waals surface area (Å²) in [5.41, 5.74) is 0.162. The maximum atomic E-state index is 12.7. The standard InChI is InChI=1S/C21H23Cl2N3O3/c1-21(2,3)29-20(28)17-5-4-6-18(24-17)25-7-9-26(10-8-25)19(27)14-11-15(22)13-16(23)12-14/h4-6,11-13H,7-10H2,1-3H3. The molecule has 0 radical (unpaired) electrons.